The minimum absolute atomic E-state index is 1.15. The number of rotatable bonds is 9. The number of fused-ring (bicyclic) bond motifs is 4. The molecule has 0 unspecified atom stereocenters. The summed E-state index contributed by atoms with van der Waals surface area (Å²) < 4.78 is 0. The van der Waals surface area contributed by atoms with Gasteiger partial charge in [0, 0.05) is 33.3 Å². The smallest absolute Gasteiger partial charge is 0.0569 e. The molecule has 0 spiro atoms. The van der Waals surface area contributed by atoms with Crippen LogP contribution in [0.1, 0.15) is 22.3 Å². The van der Waals surface area contributed by atoms with E-state index in [1.807, 2.05) is 0 Å². The van der Waals surface area contributed by atoms with Crippen molar-refractivity contribution >= 4 is 77.2 Å². The van der Waals surface area contributed by atoms with Crippen LogP contribution in [0.25, 0.3) is 76.5 Å². The first kappa shape index (κ1) is 42.6. The number of para-hydroxylation sites is 2. The summed E-state index contributed by atoms with van der Waals surface area (Å²) in [5.41, 5.74) is 18.9. The Kier molecular flexibility index (Phi) is 10.8. The molecule has 2 nitrogen and oxygen atoms in total. The molecule has 0 fully saturated rings. The molecule has 0 N–H and O–H groups in total. The Morgan fingerprint density at radius 3 is 1.01 bits per heavy atom. The summed E-state index contributed by atoms with van der Waals surface area (Å²) in [7, 11) is 0. The largest absolute Gasteiger partial charge is 0.309 e. The van der Waals surface area contributed by atoms with Crippen LogP contribution in [0.5, 0.6) is 0 Å². The molecule has 0 aliphatic rings. The SMILES string of the molecule is Cc1cc(-c2ccc(N(c3c(C)cccc3-c3ccc4ccccc4c3)c3cccc4ccccc34)c(C)c2)ccc1N(c1c(C)cccc1-c1ccc2ccccc2c1)c1cccc2ccccc12. The van der Waals surface area contributed by atoms with Crippen LogP contribution >= 0.6 is 0 Å². The Morgan fingerprint density at radius 1 is 0.229 bits per heavy atom. The molecule has 0 aliphatic carbocycles. The lowest BCUT2D eigenvalue weighted by Crippen LogP contribution is -2.15. The fourth-order valence-corrected chi connectivity index (χ4v) is 10.8. The molecule has 12 aromatic rings. The van der Waals surface area contributed by atoms with E-state index in [1.165, 1.54) is 110 Å². The Bertz CT molecular complexity index is 3700. The lowest BCUT2D eigenvalue weighted by Gasteiger charge is -2.32. The number of nitrogens with zero attached hydrogens (tertiary/aromatic N) is 2. The third-order valence-corrected chi connectivity index (χ3v) is 14.3. The van der Waals surface area contributed by atoms with E-state index in [-0.39, 0.29) is 0 Å². The number of anilines is 6. The van der Waals surface area contributed by atoms with Gasteiger partial charge in [0.1, 0.15) is 0 Å². The van der Waals surface area contributed by atoms with Gasteiger partial charge in [0.25, 0.3) is 0 Å². The molecule has 0 atom stereocenters. The second-order valence-corrected chi connectivity index (χ2v) is 18.7. The number of hydrogen-bond acceptors (Lipinski definition) is 2. The van der Waals surface area contributed by atoms with E-state index in [9.17, 15) is 0 Å². The average molecular weight is 897 g/mol. The van der Waals surface area contributed by atoms with Crippen LogP contribution in [0.2, 0.25) is 0 Å². The molecule has 0 aromatic heterocycles. The van der Waals surface area contributed by atoms with Gasteiger partial charge in [0.05, 0.1) is 22.7 Å². The monoisotopic (exact) mass is 896 g/mol. The van der Waals surface area contributed by atoms with E-state index >= 15 is 0 Å². The summed E-state index contributed by atoms with van der Waals surface area (Å²) in [4.78, 5) is 5.01. The highest BCUT2D eigenvalue weighted by Crippen LogP contribution is 2.49. The summed E-state index contributed by atoms with van der Waals surface area (Å²) >= 11 is 0. The summed E-state index contributed by atoms with van der Waals surface area (Å²) in [5.74, 6) is 0. The first-order chi connectivity index (χ1) is 34.4. The first-order valence-electron chi connectivity index (χ1n) is 24.3. The summed E-state index contributed by atoms with van der Waals surface area (Å²) in [6.07, 6.45) is 0. The minimum Gasteiger partial charge on any atom is -0.309 e. The van der Waals surface area contributed by atoms with Gasteiger partial charge in [-0.1, -0.05) is 194 Å². The average Bonchev–Trinajstić information content (AvgIpc) is 3.40. The molecule has 12 rings (SSSR count). The maximum Gasteiger partial charge on any atom is 0.0569 e. The molecule has 0 saturated heterocycles. The Balaban J connectivity index is 0.999. The number of aryl methyl sites for hydroxylation is 4. The van der Waals surface area contributed by atoms with Crippen molar-refractivity contribution in [3.8, 4) is 33.4 Å². The quantitative estimate of drug-likeness (QED) is 0.142. The predicted octanol–water partition coefficient (Wildman–Crippen LogP) is 19.5. The second-order valence-electron chi connectivity index (χ2n) is 18.7. The fourth-order valence-electron chi connectivity index (χ4n) is 10.8. The predicted molar refractivity (Wildman–Crippen MR) is 301 cm³/mol. The summed E-state index contributed by atoms with van der Waals surface area (Å²) in [6.45, 7) is 9.02. The third kappa shape index (κ3) is 7.55. The highest BCUT2D eigenvalue weighted by atomic mass is 15.2. The fraction of sp³-hybridized carbons (Fsp3) is 0.0588. The number of benzene rings is 12. The molecule has 70 heavy (non-hydrogen) atoms. The maximum absolute atomic E-state index is 2.51. The molecule has 0 saturated carbocycles. The van der Waals surface area contributed by atoms with E-state index in [2.05, 4.69) is 280 Å². The van der Waals surface area contributed by atoms with Crippen LogP contribution in [0.4, 0.5) is 34.1 Å². The van der Waals surface area contributed by atoms with Gasteiger partial charge in [-0.15, -0.1) is 0 Å². The van der Waals surface area contributed by atoms with Crippen molar-refractivity contribution in [3.63, 3.8) is 0 Å². The normalized spacial score (nSPS) is 11.4. The zero-order valence-electron chi connectivity index (χ0n) is 40.0. The Labute approximate surface area is 411 Å². The van der Waals surface area contributed by atoms with Crippen LogP contribution < -0.4 is 9.80 Å². The Morgan fingerprint density at radius 2 is 0.586 bits per heavy atom. The van der Waals surface area contributed by atoms with Gasteiger partial charge < -0.3 is 9.80 Å². The minimum atomic E-state index is 1.15. The van der Waals surface area contributed by atoms with Crippen molar-refractivity contribution in [1.82, 2.24) is 0 Å². The molecule has 12 aromatic carbocycles. The number of hydrogen-bond donors (Lipinski definition) is 0. The summed E-state index contributed by atoms with van der Waals surface area (Å²) in [5, 5.41) is 9.78. The van der Waals surface area contributed by atoms with E-state index in [0.717, 1.165) is 22.7 Å². The van der Waals surface area contributed by atoms with E-state index < -0.39 is 0 Å². The van der Waals surface area contributed by atoms with Crippen molar-refractivity contribution in [2.45, 2.75) is 27.7 Å². The third-order valence-electron chi connectivity index (χ3n) is 14.3. The molecule has 0 bridgehead atoms. The maximum atomic E-state index is 2.51. The topological polar surface area (TPSA) is 6.48 Å². The summed E-state index contributed by atoms with van der Waals surface area (Å²) in [6, 6.07) is 89.3. The van der Waals surface area contributed by atoms with E-state index in [4.69, 9.17) is 0 Å². The molecule has 0 heterocycles. The molecule has 0 amide bonds. The lowest BCUT2D eigenvalue weighted by molar-refractivity contribution is 1.23. The van der Waals surface area contributed by atoms with Crippen LogP contribution in [0, 0.1) is 27.7 Å². The van der Waals surface area contributed by atoms with Gasteiger partial charge in [-0.05, 0) is 153 Å². The van der Waals surface area contributed by atoms with Crippen LogP contribution in [-0.4, -0.2) is 0 Å². The molecule has 0 aliphatic heterocycles. The van der Waals surface area contributed by atoms with Crippen LogP contribution in [0.3, 0.4) is 0 Å². The molecule has 334 valence electrons. The van der Waals surface area contributed by atoms with E-state index in [1.54, 1.807) is 0 Å². The van der Waals surface area contributed by atoms with Gasteiger partial charge in [0.2, 0.25) is 0 Å². The van der Waals surface area contributed by atoms with Crippen molar-refractivity contribution < 1.29 is 0 Å². The molecular weight excluding hydrogens is 845 g/mol. The Hall–Kier alpha value is -8.72. The van der Waals surface area contributed by atoms with Gasteiger partial charge in [-0.2, -0.15) is 0 Å². The van der Waals surface area contributed by atoms with Crippen molar-refractivity contribution in [2.24, 2.45) is 0 Å². The van der Waals surface area contributed by atoms with E-state index in [0.29, 0.717) is 0 Å². The second kappa shape index (κ2) is 17.7. The van der Waals surface area contributed by atoms with Crippen molar-refractivity contribution in [1.29, 1.82) is 0 Å². The zero-order valence-corrected chi connectivity index (χ0v) is 40.0. The van der Waals surface area contributed by atoms with Gasteiger partial charge in [-0.25, -0.2) is 0 Å². The molecular formula is C68H52N2. The highest BCUT2D eigenvalue weighted by molar-refractivity contribution is 6.05. The van der Waals surface area contributed by atoms with Crippen LogP contribution in [0.15, 0.2) is 243 Å². The molecule has 2 heteroatoms. The highest BCUT2D eigenvalue weighted by Gasteiger charge is 2.25. The van der Waals surface area contributed by atoms with Gasteiger partial charge in [-0.3, -0.25) is 0 Å². The first-order valence-corrected chi connectivity index (χ1v) is 24.3. The zero-order chi connectivity index (χ0) is 47.3. The van der Waals surface area contributed by atoms with Gasteiger partial charge in [0.15, 0.2) is 0 Å². The van der Waals surface area contributed by atoms with Gasteiger partial charge >= 0.3 is 0 Å². The van der Waals surface area contributed by atoms with Crippen LogP contribution in [-0.2, 0) is 0 Å². The van der Waals surface area contributed by atoms with Crippen molar-refractivity contribution in [2.75, 3.05) is 9.80 Å². The lowest BCUT2D eigenvalue weighted by atomic mass is 9.94. The standard InChI is InChI=1S/C68H52N2/c1-45-17-13-29-61(57-35-33-49-19-5-7-23-53(49)43-57)67(45)69(65-31-15-25-51-21-9-11-27-59(51)65)63-39-37-55(41-47(63)3)56-38-40-64(48(4)42-56)70(66-32-16-26-52-22-10-12-28-60(52)66)68-46(2)18-14-30-62(68)58-36-34-50-20-6-8-24-54(50)44-58/h5-44H,1-4H3. The van der Waals surface area contributed by atoms with Crippen molar-refractivity contribution in [3.05, 3.63) is 265 Å². The molecule has 0 radical (unpaired) electrons.